The largest absolute Gasteiger partial charge is 0.327 e. The van der Waals surface area contributed by atoms with Gasteiger partial charge in [0.25, 0.3) is 0 Å². The van der Waals surface area contributed by atoms with Crippen LogP contribution in [0.25, 0.3) is 10.9 Å². The maximum absolute atomic E-state index is 14.3. The third-order valence-electron chi connectivity index (χ3n) is 5.58. The number of nitrogens with zero attached hydrogens (tertiary/aromatic N) is 4. The number of halogens is 2. The fraction of sp³-hybridized carbons (Fsp3) is 0.350. The van der Waals surface area contributed by atoms with Gasteiger partial charge in [-0.2, -0.15) is 5.10 Å². The summed E-state index contributed by atoms with van der Waals surface area (Å²) < 4.78 is 15.8. The van der Waals surface area contributed by atoms with Crippen LogP contribution in [0.15, 0.2) is 30.6 Å². The normalized spacial score (nSPS) is 18.0. The number of amides is 2. The Morgan fingerprint density at radius 3 is 3.03 bits per heavy atom. The van der Waals surface area contributed by atoms with E-state index in [1.807, 2.05) is 0 Å². The van der Waals surface area contributed by atoms with Gasteiger partial charge >= 0.3 is 6.03 Å². The highest BCUT2D eigenvalue weighted by molar-refractivity contribution is 6.03. The molecule has 1 unspecified atom stereocenters. The molecular formula is C20H22ClFN6O. The van der Waals surface area contributed by atoms with Gasteiger partial charge in [0.1, 0.15) is 11.3 Å². The van der Waals surface area contributed by atoms with E-state index in [2.05, 4.69) is 26.8 Å². The molecule has 0 aliphatic carbocycles. The SMILES string of the molecule is Cl.Cn1cc2cc(NC(=O)N3CCc4c(C5CCNC5)ccnc43)cc(F)c2n1. The lowest BCUT2D eigenvalue weighted by atomic mass is 9.94. The molecule has 9 heteroatoms. The number of hydrogen-bond donors (Lipinski definition) is 2. The molecule has 0 radical (unpaired) electrons. The molecular weight excluding hydrogens is 395 g/mol. The number of nitrogens with one attached hydrogen (secondary N) is 2. The topological polar surface area (TPSA) is 75.1 Å². The fourth-order valence-corrected chi connectivity index (χ4v) is 4.29. The number of aromatic nitrogens is 3. The third-order valence-corrected chi connectivity index (χ3v) is 5.58. The monoisotopic (exact) mass is 416 g/mol. The molecule has 2 N–H and O–H groups in total. The molecule has 3 aromatic rings. The highest BCUT2D eigenvalue weighted by Gasteiger charge is 2.31. The molecule has 1 aromatic carbocycles. The van der Waals surface area contributed by atoms with Crippen molar-refractivity contribution in [3.63, 3.8) is 0 Å². The number of fused-ring (bicyclic) bond motifs is 2. The van der Waals surface area contributed by atoms with Gasteiger partial charge in [-0.15, -0.1) is 12.4 Å². The summed E-state index contributed by atoms with van der Waals surface area (Å²) in [5, 5.41) is 10.9. The maximum Gasteiger partial charge on any atom is 0.327 e. The molecule has 2 aromatic heterocycles. The number of carbonyl (C=O) groups is 1. The average molecular weight is 417 g/mol. The fourth-order valence-electron chi connectivity index (χ4n) is 4.29. The molecule has 2 aliphatic rings. The number of urea groups is 1. The Bertz CT molecular complexity index is 1080. The number of hydrogen-bond acceptors (Lipinski definition) is 4. The smallest absolute Gasteiger partial charge is 0.316 e. The van der Waals surface area contributed by atoms with Crippen LogP contribution in [0.5, 0.6) is 0 Å². The van der Waals surface area contributed by atoms with Crippen molar-refractivity contribution in [2.24, 2.45) is 7.05 Å². The molecule has 5 rings (SSSR count). The van der Waals surface area contributed by atoms with Gasteiger partial charge in [0.2, 0.25) is 0 Å². The van der Waals surface area contributed by atoms with Crippen molar-refractivity contribution in [2.45, 2.75) is 18.8 Å². The van der Waals surface area contributed by atoms with Crippen LogP contribution in [0.4, 0.5) is 20.7 Å². The first-order valence-corrected chi connectivity index (χ1v) is 9.50. The average Bonchev–Trinajstić information content (AvgIpc) is 3.40. The van der Waals surface area contributed by atoms with Crippen molar-refractivity contribution in [1.82, 2.24) is 20.1 Å². The van der Waals surface area contributed by atoms with E-state index in [9.17, 15) is 9.18 Å². The van der Waals surface area contributed by atoms with Gasteiger partial charge in [0, 0.05) is 49.2 Å². The van der Waals surface area contributed by atoms with E-state index in [1.54, 1.807) is 35.1 Å². The Labute approximate surface area is 173 Å². The number of aryl methyl sites for hydroxylation is 1. The van der Waals surface area contributed by atoms with Crippen LogP contribution in [0.1, 0.15) is 23.5 Å². The number of anilines is 2. The van der Waals surface area contributed by atoms with Crippen LogP contribution >= 0.6 is 12.4 Å². The van der Waals surface area contributed by atoms with Crippen molar-refractivity contribution in [1.29, 1.82) is 0 Å². The van der Waals surface area contributed by atoms with Crippen LogP contribution in [0, 0.1) is 5.82 Å². The summed E-state index contributed by atoms with van der Waals surface area (Å²) in [7, 11) is 1.74. The summed E-state index contributed by atoms with van der Waals surface area (Å²) in [5.74, 6) is 0.732. The molecule has 1 atom stereocenters. The van der Waals surface area contributed by atoms with Crippen LogP contribution < -0.4 is 15.5 Å². The summed E-state index contributed by atoms with van der Waals surface area (Å²) in [6, 6.07) is 4.81. The summed E-state index contributed by atoms with van der Waals surface area (Å²) in [6.45, 7) is 2.56. The van der Waals surface area contributed by atoms with E-state index >= 15 is 0 Å². The van der Waals surface area contributed by atoms with E-state index in [-0.39, 0.29) is 18.4 Å². The molecule has 2 aliphatic heterocycles. The van der Waals surface area contributed by atoms with Gasteiger partial charge in [-0.25, -0.2) is 14.2 Å². The lowest BCUT2D eigenvalue weighted by Crippen LogP contribution is -2.33. The van der Waals surface area contributed by atoms with Gasteiger partial charge in [-0.05, 0) is 49.1 Å². The first-order valence-electron chi connectivity index (χ1n) is 9.50. The number of carbonyl (C=O) groups excluding carboxylic acids is 1. The standard InChI is InChI=1S/C20H21FN6O.ClH/c1-26-11-13-8-14(9-17(21)18(13)25-26)24-20(28)27-7-4-16-15(3-6-23-19(16)27)12-2-5-22-10-12;/h3,6,8-9,11-12,22H,2,4-5,7,10H2,1H3,(H,24,28);1H. The van der Waals surface area contributed by atoms with Crippen molar-refractivity contribution in [3.8, 4) is 0 Å². The summed E-state index contributed by atoms with van der Waals surface area (Å²) >= 11 is 0. The second kappa shape index (κ2) is 7.61. The van der Waals surface area contributed by atoms with Gasteiger partial charge in [-0.3, -0.25) is 9.58 Å². The van der Waals surface area contributed by atoms with E-state index in [0.717, 1.165) is 31.5 Å². The van der Waals surface area contributed by atoms with Crippen molar-refractivity contribution < 1.29 is 9.18 Å². The van der Waals surface area contributed by atoms with Crippen LogP contribution in [0.2, 0.25) is 0 Å². The van der Waals surface area contributed by atoms with Crippen molar-refractivity contribution in [3.05, 3.63) is 47.5 Å². The highest BCUT2D eigenvalue weighted by atomic mass is 35.5. The molecule has 7 nitrogen and oxygen atoms in total. The van der Waals surface area contributed by atoms with Gasteiger partial charge in [0.05, 0.1) is 0 Å². The summed E-state index contributed by atoms with van der Waals surface area (Å²) in [6.07, 6.45) is 5.40. The maximum atomic E-state index is 14.3. The second-order valence-electron chi connectivity index (χ2n) is 7.42. The molecule has 4 heterocycles. The van der Waals surface area contributed by atoms with E-state index in [1.165, 1.54) is 11.6 Å². The lowest BCUT2D eigenvalue weighted by Gasteiger charge is -2.18. The van der Waals surface area contributed by atoms with Gasteiger partial charge in [0.15, 0.2) is 5.82 Å². The summed E-state index contributed by atoms with van der Waals surface area (Å²) in [4.78, 5) is 19.0. The van der Waals surface area contributed by atoms with Crippen LogP contribution in [-0.2, 0) is 13.5 Å². The summed E-state index contributed by atoms with van der Waals surface area (Å²) in [5.41, 5.74) is 3.14. The second-order valence-corrected chi connectivity index (χ2v) is 7.42. The first kappa shape index (κ1) is 19.6. The molecule has 152 valence electrons. The zero-order chi connectivity index (χ0) is 19.3. The Balaban J connectivity index is 0.00000205. The Morgan fingerprint density at radius 1 is 1.38 bits per heavy atom. The quantitative estimate of drug-likeness (QED) is 0.672. The minimum atomic E-state index is -0.454. The van der Waals surface area contributed by atoms with E-state index in [4.69, 9.17) is 0 Å². The van der Waals surface area contributed by atoms with Crippen LogP contribution in [-0.4, -0.2) is 40.4 Å². The molecule has 0 bridgehead atoms. The molecule has 0 saturated carbocycles. The van der Waals surface area contributed by atoms with E-state index < -0.39 is 5.82 Å². The minimum Gasteiger partial charge on any atom is -0.316 e. The van der Waals surface area contributed by atoms with Crippen molar-refractivity contribution >= 4 is 40.8 Å². The Kier molecular flexibility index (Phi) is 5.14. The number of rotatable bonds is 2. The zero-order valence-electron chi connectivity index (χ0n) is 16.0. The zero-order valence-corrected chi connectivity index (χ0v) is 16.8. The van der Waals surface area contributed by atoms with E-state index in [0.29, 0.717) is 34.9 Å². The Morgan fingerprint density at radius 2 is 2.24 bits per heavy atom. The predicted octanol–water partition coefficient (Wildman–Crippen LogP) is 3.20. The molecule has 2 amide bonds. The predicted molar refractivity (Wildman–Crippen MR) is 112 cm³/mol. The Hall–Kier alpha value is -2.71. The highest BCUT2D eigenvalue weighted by Crippen LogP contribution is 2.35. The molecule has 0 spiro atoms. The minimum absolute atomic E-state index is 0. The number of benzene rings is 1. The molecule has 1 fully saturated rings. The van der Waals surface area contributed by atoms with Gasteiger partial charge < -0.3 is 10.6 Å². The molecule has 1 saturated heterocycles. The lowest BCUT2D eigenvalue weighted by molar-refractivity contribution is 0.257. The third kappa shape index (κ3) is 3.42. The van der Waals surface area contributed by atoms with Crippen LogP contribution in [0.3, 0.4) is 0 Å². The number of pyridine rings is 1. The first-order chi connectivity index (χ1) is 13.6. The van der Waals surface area contributed by atoms with Gasteiger partial charge in [-0.1, -0.05) is 0 Å². The molecule has 29 heavy (non-hydrogen) atoms. The van der Waals surface area contributed by atoms with Crippen molar-refractivity contribution in [2.75, 3.05) is 29.9 Å².